The molecule has 0 heterocycles. The van der Waals surface area contributed by atoms with Crippen molar-refractivity contribution in [2.75, 3.05) is 26.6 Å². The van der Waals surface area contributed by atoms with Crippen molar-refractivity contribution in [3.63, 3.8) is 0 Å². The smallest absolute Gasteiger partial charge is 0.416 e. The van der Waals surface area contributed by atoms with Crippen LogP contribution >= 0.6 is 0 Å². The van der Waals surface area contributed by atoms with E-state index in [-0.39, 0.29) is 5.78 Å². The molecule has 0 atom stereocenters. The summed E-state index contributed by atoms with van der Waals surface area (Å²) in [5, 5.41) is 2.75. The van der Waals surface area contributed by atoms with E-state index in [4.69, 9.17) is 14.2 Å². The fraction of sp³-hybridized carbons (Fsp3) is 0.211. The highest BCUT2D eigenvalue weighted by molar-refractivity contribution is 6.05. The minimum atomic E-state index is -4.39. The van der Waals surface area contributed by atoms with Gasteiger partial charge in [-0.3, -0.25) is 4.79 Å². The highest BCUT2D eigenvalue weighted by Gasteiger charge is 2.29. The average molecular weight is 381 g/mol. The Morgan fingerprint density at radius 1 is 0.963 bits per heavy atom. The van der Waals surface area contributed by atoms with Gasteiger partial charge in [0, 0.05) is 23.5 Å². The van der Waals surface area contributed by atoms with Crippen molar-refractivity contribution in [1.29, 1.82) is 0 Å². The quantitative estimate of drug-likeness (QED) is 0.564. The molecule has 0 fully saturated rings. The first-order valence-corrected chi connectivity index (χ1v) is 7.74. The normalized spacial score (nSPS) is 11.3. The molecule has 0 aliphatic heterocycles. The van der Waals surface area contributed by atoms with Gasteiger partial charge in [0.1, 0.15) is 0 Å². The zero-order valence-corrected chi connectivity index (χ0v) is 14.9. The number of carbonyl (C=O) groups excluding carboxylic acids is 1. The number of hydrogen-bond donors (Lipinski definition) is 1. The molecule has 0 aromatic heterocycles. The van der Waals surface area contributed by atoms with E-state index in [9.17, 15) is 18.0 Å². The third-order valence-corrected chi connectivity index (χ3v) is 3.65. The number of anilines is 1. The fourth-order valence-electron chi connectivity index (χ4n) is 2.29. The van der Waals surface area contributed by atoms with E-state index in [0.29, 0.717) is 28.5 Å². The summed E-state index contributed by atoms with van der Waals surface area (Å²) >= 11 is 0. The van der Waals surface area contributed by atoms with E-state index in [0.717, 1.165) is 12.1 Å². The average Bonchev–Trinajstić information content (AvgIpc) is 2.66. The maximum absolute atomic E-state index is 12.5. The summed E-state index contributed by atoms with van der Waals surface area (Å²) in [4.78, 5) is 12.3. The van der Waals surface area contributed by atoms with Crippen molar-refractivity contribution >= 4 is 11.5 Å². The first-order valence-electron chi connectivity index (χ1n) is 7.74. The molecule has 0 aliphatic rings. The molecule has 2 aromatic rings. The fourth-order valence-corrected chi connectivity index (χ4v) is 2.29. The Hall–Kier alpha value is -3.16. The Labute approximate surface area is 154 Å². The molecule has 0 unspecified atom stereocenters. The van der Waals surface area contributed by atoms with E-state index in [1.807, 2.05) is 0 Å². The second-order valence-electron chi connectivity index (χ2n) is 5.33. The first kappa shape index (κ1) is 20.2. The number of carbonyl (C=O) groups is 1. The number of methoxy groups -OCH3 is 3. The zero-order chi connectivity index (χ0) is 20.0. The largest absolute Gasteiger partial charge is 0.493 e. The summed E-state index contributed by atoms with van der Waals surface area (Å²) in [6, 6.07) is 7.47. The lowest BCUT2D eigenvalue weighted by Crippen LogP contribution is -2.04. The lowest BCUT2D eigenvalue weighted by atomic mass is 10.1. The van der Waals surface area contributed by atoms with Crippen LogP contribution < -0.4 is 19.5 Å². The predicted molar refractivity (Wildman–Crippen MR) is 94.6 cm³/mol. The molecule has 5 nitrogen and oxygen atoms in total. The van der Waals surface area contributed by atoms with Gasteiger partial charge < -0.3 is 19.5 Å². The monoisotopic (exact) mass is 381 g/mol. The van der Waals surface area contributed by atoms with Gasteiger partial charge in [0.25, 0.3) is 0 Å². The molecule has 0 amide bonds. The molecule has 8 heteroatoms. The van der Waals surface area contributed by atoms with Crippen LogP contribution in [0.2, 0.25) is 0 Å². The van der Waals surface area contributed by atoms with Crippen LogP contribution in [-0.4, -0.2) is 27.1 Å². The van der Waals surface area contributed by atoms with Crippen LogP contribution in [0, 0.1) is 0 Å². The number of benzene rings is 2. The Kier molecular flexibility index (Phi) is 6.33. The molecule has 0 bridgehead atoms. The van der Waals surface area contributed by atoms with Crippen LogP contribution in [0.25, 0.3) is 0 Å². The van der Waals surface area contributed by atoms with Crippen molar-refractivity contribution in [3.8, 4) is 17.2 Å². The topological polar surface area (TPSA) is 56.8 Å². The second-order valence-corrected chi connectivity index (χ2v) is 5.33. The third kappa shape index (κ3) is 4.93. The number of ketones is 1. The Morgan fingerprint density at radius 3 is 1.96 bits per heavy atom. The Balaban J connectivity index is 2.12. The number of halogens is 3. The van der Waals surface area contributed by atoms with Crippen LogP contribution in [0.1, 0.15) is 15.9 Å². The van der Waals surface area contributed by atoms with Gasteiger partial charge >= 0.3 is 6.18 Å². The zero-order valence-electron chi connectivity index (χ0n) is 14.9. The second kappa shape index (κ2) is 8.48. The van der Waals surface area contributed by atoms with E-state index in [2.05, 4.69) is 5.32 Å². The summed E-state index contributed by atoms with van der Waals surface area (Å²) in [6.45, 7) is 0. The SMILES string of the molecule is COc1cc(C(=O)/C=C\Nc2ccc(C(F)(F)F)cc2)cc(OC)c1OC. The maximum atomic E-state index is 12.5. The number of alkyl halides is 3. The van der Waals surface area contributed by atoms with E-state index >= 15 is 0 Å². The maximum Gasteiger partial charge on any atom is 0.416 e. The van der Waals surface area contributed by atoms with Crippen molar-refractivity contribution < 1.29 is 32.2 Å². The number of ether oxygens (including phenoxy) is 3. The lowest BCUT2D eigenvalue weighted by Gasteiger charge is -2.13. The van der Waals surface area contributed by atoms with Gasteiger partial charge in [-0.05, 0) is 36.4 Å². The third-order valence-electron chi connectivity index (χ3n) is 3.65. The van der Waals surface area contributed by atoms with Gasteiger partial charge in [-0.25, -0.2) is 0 Å². The van der Waals surface area contributed by atoms with Crippen LogP contribution in [0.3, 0.4) is 0 Å². The number of nitrogens with one attached hydrogen (secondary N) is 1. The minimum Gasteiger partial charge on any atom is -0.493 e. The van der Waals surface area contributed by atoms with Gasteiger partial charge in [-0.1, -0.05) is 0 Å². The molecule has 1 N–H and O–H groups in total. The van der Waals surface area contributed by atoms with Crippen LogP contribution in [0.5, 0.6) is 17.2 Å². The minimum absolute atomic E-state index is 0.301. The lowest BCUT2D eigenvalue weighted by molar-refractivity contribution is -0.137. The summed E-state index contributed by atoms with van der Waals surface area (Å²) in [5.74, 6) is 0.686. The van der Waals surface area contributed by atoms with Crippen molar-refractivity contribution in [1.82, 2.24) is 0 Å². The highest BCUT2D eigenvalue weighted by Crippen LogP contribution is 2.38. The van der Waals surface area contributed by atoms with E-state index in [1.54, 1.807) is 0 Å². The van der Waals surface area contributed by atoms with Gasteiger partial charge in [-0.15, -0.1) is 0 Å². The highest BCUT2D eigenvalue weighted by atomic mass is 19.4. The summed E-state index contributed by atoms with van der Waals surface area (Å²) in [7, 11) is 4.33. The summed E-state index contributed by atoms with van der Waals surface area (Å²) < 4.78 is 53.2. The van der Waals surface area contributed by atoms with E-state index < -0.39 is 11.7 Å². The Bertz CT molecular complexity index is 805. The van der Waals surface area contributed by atoms with Crippen LogP contribution in [-0.2, 0) is 6.18 Å². The molecular formula is C19H18F3NO4. The van der Waals surface area contributed by atoms with Crippen LogP contribution in [0.4, 0.5) is 18.9 Å². The molecule has 2 aromatic carbocycles. The van der Waals surface area contributed by atoms with Crippen LogP contribution in [0.15, 0.2) is 48.7 Å². The van der Waals surface area contributed by atoms with Crippen molar-refractivity contribution in [3.05, 3.63) is 59.8 Å². The van der Waals surface area contributed by atoms with Crippen molar-refractivity contribution in [2.45, 2.75) is 6.18 Å². The van der Waals surface area contributed by atoms with Crippen molar-refractivity contribution in [2.24, 2.45) is 0 Å². The number of rotatable bonds is 7. The number of allylic oxidation sites excluding steroid dienone is 1. The molecular weight excluding hydrogens is 363 g/mol. The van der Waals surface area contributed by atoms with Gasteiger partial charge in [0.2, 0.25) is 5.75 Å². The predicted octanol–water partition coefficient (Wildman–Crippen LogP) is 4.54. The van der Waals surface area contributed by atoms with Gasteiger partial charge in [-0.2, -0.15) is 13.2 Å². The molecule has 27 heavy (non-hydrogen) atoms. The molecule has 2 rings (SSSR count). The van der Waals surface area contributed by atoms with E-state index in [1.165, 1.54) is 57.9 Å². The summed E-state index contributed by atoms with van der Waals surface area (Å²) in [5.41, 5.74) is -0.0301. The standard InChI is InChI=1S/C19H18F3NO4/c1-25-16-10-12(11-17(26-2)18(16)27-3)15(24)8-9-23-14-6-4-13(5-7-14)19(20,21)22/h4-11,23H,1-3H3/b9-8-. The number of hydrogen-bond acceptors (Lipinski definition) is 5. The molecule has 0 aliphatic carbocycles. The first-order chi connectivity index (χ1) is 12.8. The van der Waals surface area contributed by atoms with Gasteiger partial charge in [0.05, 0.1) is 26.9 Å². The van der Waals surface area contributed by atoms with Gasteiger partial charge in [0.15, 0.2) is 17.3 Å². The molecule has 0 saturated carbocycles. The molecule has 0 saturated heterocycles. The summed E-state index contributed by atoms with van der Waals surface area (Å²) in [6.07, 6.45) is -1.80. The molecule has 0 radical (unpaired) electrons. The molecule has 144 valence electrons. The Morgan fingerprint density at radius 2 is 1.52 bits per heavy atom. The molecule has 0 spiro atoms.